The summed E-state index contributed by atoms with van der Waals surface area (Å²) in [7, 11) is 2.04. The zero-order chi connectivity index (χ0) is 20.2. The minimum atomic E-state index is -0.357. The summed E-state index contributed by atoms with van der Waals surface area (Å²) in [5, 5.41) is 10.7. The first-order valence-corrected chi connectivity index (χ1v) is 9.35. The fraction of sp³-hybridized carbons (Fsp3) is 0.130. The Morgan fingerprint density at radius 2 is 1.97 bits per heavy atom. The van der Waals surface area contributed by atoms with Crippen LogP contribution in [0.15, 0.2) is 71.9 Å². The first-order chi connectivity index (χ1) is 14.1. The SMILES string of the molecule is CN(CCc1ccccn1)c1ccc(N=Cc2c(O)[nH]c3ccc(F)cc23)cc1. The quantitative estimate of drug-likeness (QED) is 0.465. The molecule has 0 atom stereocenters. The van der Waals surface area contributed by atoms with Gasteiger partial charge in [-0.3, -0.25) is 9.98 Å². The van der Waals surface area contributed by atoms with Crippen LogP contribution in [0.4, 0.5) is 15.8 Å². The zero-order valence-corrected chi connectivity index (χ0v) is 16.0. The molecule has 0 saturated carbocycles. The highest BCUT2D eigenvalue weighted by Gasteiger charge is 2.09. The van der Waals surface area contributed by atoms with E-state index in [1.54, 1.807) is 12.3 Å². The number of aromatic amines is 1. The van der Waals surface area contributed by atoms with Crippen molar-refractivity contribution < 1.29 is 9.50 Å². The van der Waals surface area contributed by atoms with Gasteiger partial charge in [-0.15, -0.1) is 0 Å². The number of anilines is 1. The van der Waals surface area contributed by atoms with Crippen LogP contribution >= 0.6 is 0 Å². The molecule has 0 saturated heterocycles. The summed E-state index contributed by atoms with van der Waals surface area (Å²) < 4.78 is 13.5. The molecule has 2 heterocycles. The Balaban J connectivity index is 1.46. The highest BCUT2D eigenvalue weighted by Crippen LogP contribution is 2.27. The summed E-state index contributed by atoms with van der Waals surface area (Å²) in [6, 6.07) is 18.1. The molecule has 2 aromatic heterocycles. The maximum Gasteiger partial charge on any atom is 0.198 e. The van der Waals surface area contributed by atoms with Gasteiger partial charge in [0.05, 0.1) is 11.3 Å². The molecule has 0 aliphatic rings. The molecular weight excluding hydrogens is 367 g/mol. The molecule has 0 amide bonds. The van der Waals surface area contributed by atoms with Crippen LogP contribution in [0.1, 0.15) is 11.3 Å². The first-order valence-electron chi connectivity index (χ1n) is 9.35. The number of hydrogen-bond donors (Lipinski definition) is 2. The number of nitrogens with one attached hydrogen (secondary N) is 1. The molecule has 2 N–H and O–H groups in total. The van der Waals surface area contributed by atoms with Crippen LogP contribution in [-0.4, -0.2) is 34.9 Å². The second-order valence-corrected chi connectivity index (χ2v) is 6.84. The fourth-order valence-electron chi connectivity index (χ4n) is 3.19. The lowest BCUT2D eigenvalue weighted by molar-refractivity contribution is 0.457. The number of H-pyrrole nitrogens is 1. The first kappa shape index (κ1) is 18.7. The largest absolute Gasteiger partial charge is 0.494 e. The monoisotopic (exact) mass is 388 g/mol. The average molecular weight is 388 g/mol. The number of fused-ring (bicyclic) bond motifs is 1. The van der Waals surface area contributed by atoms with E-state index in [1.165, 1.54) is 12.1 Å². The summed E-state index contributed by atoms with van der Waals surface area (Å²) in [4.78, 5) is 13.8. The molecule has 0 unspecified atom stereocenters. The molecule has 0 bridgehead atoms. The molecule has 0 spiro atoms. The third kappa shape index (κ3) is 4.27. The predicted octanol–water partition coefficient (Wildman–Crippen LogP) is 4.84. The Labute approximate surface area is 168 Å². The average Bonchev–Trinajstić information content (AvgIpc) is 3.06. The van der Waals surface area contributed by atoms with E-state index in [9.17, 15) is 9.50 Å². The maximum absolute atomic E-state index is 13.5. The van der Waals surface area contributed by atoms with E-state index in [2.05, 4.69) is 19.9 Å². The van der Waals surface area contributed by atoms with Gasteiger partial charge >= 0.3 is 0 Å². The number of nitrogens with zero attached hydrogens (tertiary/aromatic N) is 3. The number of hydrogen-bond acceptors (Lipinski definition) is 4. The van der Waals surface area contributed by atoms with E-state index < -0.39 is 0 Å². The molecule has 0 aliphatic heterocycles. The third-order valence-electron chi connectivity index (χ3n) is 4.84. The molecular formula is C23H21FN4O. The van der Waals surface area contributed by atoms with Crippen molar-refractivity contribution in [3.63, 3.8) is 0 Å². The van der Waals surface area contributed by atoms with Gasteiger partial charge in [0.1, 0.15) is 5.82 Å². The number of rotatable bonds is 6. The van der Waals surface area contributed by atoms with E-state index in [4.69, 9.17) is 0 Å². The molecule has 146 valence electrons. The number of halogens is 1. The summed E-state index contributed by atoms with van der Waals surface area (Å²) in [6.07, 6.45) is 4.23. The van der Waals surface area contributed by atoms with Gasteiger partial charge in [-0.25, -0.2) is 4.39 Å². The van der Waals surface area contributed by atoms with E-state index >= 15 is 0 Å². The van der Waals surface area contributed by atoms with E-state index in [1.807, 2.05) is 55.7 Å². The van der Waals surface area contributed by atoms with Gasteiger partial charge in [0.2, 0.25) is 0 Å². The Bertz CT molecular complexity index is 1140. The summed E-state index contributed by atoms with van der Waals surface area (Å²) >= 11 is 0. The summed E-state index contributed by atoms with van der Waals surface area (Å²) in [5.74, 6) is -0.385. The Hall–Kier alpha value is -3.67. The van der Waals surface area contributed by atoms with Gasteiger partial charge in [0.15, 0.2) is 5.88 Å². The maximum atomic E-state index is 13.5. The molecule has 0 radical (unpaired) electrons. The van der Waals surface area contributed by atoms with Crippen molar-refractivity contribution in [2.45, 2.75) is 6.42 Å². The summed E-state index contributed by atoms with van der Waals surface area (Å²) in [6.45, 7) is 0.856. The van der Waals surface area contributed by atoms with Crippen LogP contribution in [0.25, 0.3) is 10.9 Å². The zero-order valence-electron chi connectivity index (χ0n) is 16.0. The molecule has 0 aliphatic carbocycles. The van der Waals surface area contributed by atoms with E-state index in [-0.39, 0.29) is 11.7 Å². The van der Waals surface area contributed by atoms with Gasteiger partial charge in [-0.05, 0) is 54.6 Å². The van der Waals surface area contributed by atoms with Crippen molar-refractivity contribution >= 4 is 28.5 Å². The Morgan fingerprint density at radius 1 is 1.14 bits per heavy atom. The number of benzene rings is 2. The highest BCUT2D eigenvalue weighted by atomic mass is 19.1. The molecule has 4 rings (SSSR count). The minimum Gasteiger partial charge on any atom is -0.494 e. The van der Waals surface area contributed by atoms with Crippen molar-refractivity contribution in [1.29, 1.82) is 0 Å². The van der Waals surface area contributed by atoms with E-state index in [0.717, 1.165) is 30.0 Å². The van der Waals surface area contributed by atoms with Crippen molar-refractivity contribution in [3.8, 4) is 5.88 Å². The lowest BCUT2D eigenvalue weighted by atomic mass is 10.2. The normalized spacial score (nSPS) is 11.4. The number of likely N-dealkylation sites (N-methyl/N-ethyl adjacent to an activating group) is 1. The number of aromatic hydroxyl groups is 1. The number of aliphatic imine (C=N–C) groups is 1. The van der Waals surface area contributed by atoms with Crippen molar-refractivity contribution in [2.24, 2.45) is 4.99 Å². The molecule has 0 fully saturated rings. The smallest absolute Gasteiger partial charge is 0.198 e. The molecule has 29 heavy (non-hydrogen) atoms. The van der Waals surface area contributed by atoms with Gasteiger partial charge in [0, 0.05) is 54.7 Å². The summed E-state index contributed by atoms with van der Waals surface area (Å²) in [5.41, 5.74) is 4.02. The predicted molar refractivity (Wildman–Crippen MR) is 115 cm³/mol. The topological polar surface area (TPSA) is 64.5 Å². The lowest BCUT2D eigenvalue weighted by Gasteiger charge is -2.19. The standard InChI is InChI=1S/C23H21FN4O/c1-28(13-11-17-4-2-3-12-25-17)19-8-6-18(7-9-19)26-15-21-20-14-16(24)5-10-22(20)27-23(21)29/h2-10,12,14-15,27,29H,11,13H2,1H3. The van der Waals surface area contributed by atoms with Crippen LogP contribution in [0.3, 0.4) is 0 Å². The lowest BCUT2D eigenvalue weighted by Crippen LogP contribution is -2.20. The Kier molecular flexibility index (Phi) is 5.24. The molecule has 6 heteroatoms. The molecule has 5 nitrogen and oxygen atoms in total. The van der Waals surface area contributed by atoms with E-state index in [0.29, 0.717) is 16.5 Å². The highest BCUT2D eigenvalue weighted by molar-refractivity contribution is 6.02. The molecule has 4 aromatic rings. The number of pyridine rings is 1. The van der Waals surface area contributed by atoms with Crippen LogP contribution < -0.4 is 4.90 Å². The number of aromatic nitrogens is 2. The van der Waals surface area contributed by atoms with Gasteiger partial charge < -0.3 is 15.0 Å². The second-order valence-electron chi connectivity index (χ2n) is 6.84. The second kappa shape index (κ2) is 8.14. The third-order valence-corrected chi connectivity index (χ3v) is 4.84. The minimum absolute atomic E-state index is 0.0276. The van der Waals surface area contributed by atoms with Crippen LogP contribution in [0.5, 0.6) is 5.88 Å². The van der Waals surface area contributed by atoms with Crippen molar-refractivity contribution in [2.75, 3.05) is 18.5 Å². The van der Waals surface area contributed by atoms with Gasteiger partial charge in [-0.1, -0.05) is 6.07 Å². The Morgan fingerprint density at radius 3 is 2.72 bits per heavy atom. The van der Waals surface area contributed by atoms with Crippen LogP contribution in [0.2, 0.25) is 0 Å². The van der Waals surface area contributed by atoms with Crippen LogP contribution in [0, 0.1) is 5.82 Å². The van der Waals surface area contributed by atoms with Crippen molar-refractivity contribution in [1.82, 2.24) is 9.97 Å². The van der Waals surface area contributed by atoms with Crippen LogP contribution in [-0.2, 0) is 6.42 Å². The van der Waals surface area contributed by atoms with Gasteiger partial charge in [-0.2, -0.15) is 0 Å². The van der Waals surface area contributed by atoms with Gasteiger partial charge in [0.25, 0.3) is 0 Å². The molecule has 2 aromatic carbocycles. The van der Waals surface area contributed by atoms with Crippen molar-refractivity contribution in [3.05, 3.63) is 83.9 Å². The fourth-order valence-corrected chi connectivity index (χ4v) is 3.19.